The Kier molecular flexibility index (Phi) is 5.32. The summed E-state index contributed by atoms with van der Waals surface area (Å²) in [7, 11) is 0. The fraction of sp³-hybridized carbons (Fsp3) is 0.923. The van der Waals surface area contributed by atoms with Gasteiger partial charge in [-0.1, -0.05) is 20.8 Å². The summed E-state index contributed by atoms with van der Waals surface area (Å²) in [4.78, 5) is 12.0. The lowest BCUT2D eigenvalue weighted by molar-refractivity contribution is -0.125. The number of hydrogen-bond acceptors (Lipinski definition) is 3. The van der Waals surface area contributed by atoms with Crippen molar-refractivity contribution in [2.45, 2.75) is 63.8 Å². The molecule has 3 N–H and O–H groups in total. The van der Waals surface area contributed by atoms with Gasteiger partial charge in [0.05, 0.1) is 6.04 Å². The highest BCUT2D eigenvalue weighted by molar-refractivity contribution is 7.99. The van der Waals surface area contributed by atoms with E-state index in [0.717, 1.165) is 18.1 Å². The third kappa shape index (κ3) is 4.51. The maximum Gasteiger partial charge on any atom is 0.237 e. The molecule has 0 aromatic carbocycles. The van der Waals surface area contributed by atoms with Crippen molar-refractivity contribution in [2.24, 2.45) is 11.1 Å². The summed E-state index contributed by atoms with van der Waals surface area (Å²) in [5, 5.41) is 3.87. The van der Waals surface area contributed by atoms with E-state index in [1.165, 1.54) is 12.8 Å². The number of hydrogen-bond donors (Lipinski definition) is 2. The van der Waals surface area contributed by atoms with Crippen molar-refractivity contribution in [1.82, 2.24) is 5.32 Å². The van der Waals surface area contributed by atoms with E-state index in [-0.39, 0.29) is 11.3 Å². The minimum atomic E-state index is -0.416. The van der Waals surface area contributed by atoms with Crippen LogP contribution in [0.2, 0.25) is 0 Å². The zero-order chi connectivity index (χ0) is 13.1. The Morgan fingerprint density at radius 3 is 2.24 bits per heavy atom. The summed E-state index contributed by atoms with van der Waals surface area (Å²) < 4.78 is 0. The summed E-state index contributed by atoms with van der Waals surface area (Å²) in [6.45, 7) is 6.01. The van der Waals surface area contributed by atoms with Crippen molar-refractivity contribution in [1.29, 1.82) is 0 Å². The molecule has 0 saturated heterocycles. The van der Waals surface area contributed by atoms with Crippen LogP contribution in [-0.4, -0.2) is 29.5 Å². The van der Waals surface area contributed by atoms with Crippen LogP contribution in [-0.2, 0) is 4.79 Å². The first-order valence-corrected chi connectivity index (χ1v) is 7.72. The maximum absolute atomic E-state index is 12.0. The molecule has 0 heterocycles. The van der Waals surface area contributed by atoms with E-state index in [0.29, 0.717) is 6.04 Å². The van der Waals surface area contributed by atoms with Gasteiger partial charge in [0.25, 0.3) is 0 Å². The maximum atomic E-state index is 12.0. The highest BCUT2D eigenvalue weighted by atomic mass is 32.2. The number of nitrogens with two attached hydrogens (primary N) is 1. The lowest BCUT2D eigenvalue weighted by Crippen LogP contribution is -2.52. The SMILES string of the molecule is CSC1CCC(NC(=O)C(N)C(C)(C)C)CC1. The van der Waals surface area contributed by atoms with Gasteiger partial charge >= 0.3 is 0 Å². The number of thioether (sulfide) groups is 1. The fourth-order valence-electron chi connectivity index (χ4n) is 2.13. The van der Waals surface area contributed by atoms with Crippen LogP contribution < -0.4 is 11.1 Å². The smallest absolute Gasteiger partial charge is 0.237 e. The predicted octanol–water partition coefficient (Wildman–Crippen LogP) is 2.15. The largest absolute Gasteiger partial charge is 0.352 e. The molecule has 3 nitrogen and oxygen atoms in total. The molecule has 0 aromatic heterocycles. The number of carbonyl (C=O) groups excluding carboxylic acids is 1. The molecule has 17 heavy (non-hydrogen) atoms. The first kappa shape index (κ1) is 14.8. The van der Waals surface area contributed by atoms with Gasteiger partial charge in [0, 0.05) is 11.3 Å². The molecule has 1 rings (SSSR count). The first-order chi connectivity index (χ1) is 7.84. The van der Waals surface area contributed by atoms with Crippen LogP contribution in [0.1, 0.15) is 46.5 Å². The van der Waals surface area contributed by atoms with Gasteiger partial charge in [0.15, 0.2) is 0 Å². The molecule has 0 radical (unpaired) electrons. The zero-order valence-corrected chi connectivity index (χ0v) is 12.3. The minimum absolute atomic E-state index is 0.00472. The number of carbonyl (C=O) groups is 1. The van der Waals surface area contributed by atoms with Gasteiger partial charge in [-0.25, -0.2) is 0 Å². The molecule has 1 amide bonds. The van der Waals surface area contributed by atoms with Crippen molar-refractivity contribution in [3.05, 3.63) is 0 Å². The van der Waals surface area contributed by atoms with E-state index in [1.54, 1.807) is 0 Å². The Bertz CT molecular complexity index is 255. The highest BCUT2D eigenvalue weighted by Gasteiger charge is 2.30. The lowest BCUT2D eigenvalue weighted by Gasteiger charge is -2.31. The Balaban J connectivity index is 2.38. The molecule has 1 unspecified atom stereocenters. The highest BCUT2D eigenvalue weighted by Crippen LogP contribution is 2.27. The van der Waals surface area contributed by atoms with E-state index in [2.05, 4.69) is 11.6 Å². The monoisotopic (exact) mass is 258 g/mol. The normalized spacial score (nSPS) is 27.6. The second kappa shape index (κ2) is 6.10. The molecule has 0 aliphatic heterocycles. The molecule has 0 bridgehead atoms. The van der Waals surface area contributed by atoms with Crippen LogP contribution >= 0.6 is 11.8 Å². The van der Waals surface area contributed by atoms with Crippen molar-refractivity contribution in [2.75, 3.05) is 6.26 Å². The summed E-state index contributed by atoms with van der Waals surface area (Å²) >= 11 is 1.94. The van der Waals surface area contributed by atoms with Gasteiger partial charge in [0.1, 0.15) is 0 Å². The molecule has 0 spiro atoms. The summed E-state index contributed by atoms with van der Waals surface area (Å²) in [6, 6.07) is -0.0833. The number of amides is 1. The van der Waals surface area contributed by atoms with Crippen LogP contribution in [0.4, 0.5) is 0 Å². The van der Waals surface area contributed by atoms with Crippen LogP contribution in [0.25, 0.3) is 0 Å². The van der Waals surface area contributed by atoms with Crippen LogP contribution in [0.5, 0.6) is 0 Å². The van der Waals surface area contributed by atoms with Gasteiger partial charge < -0.3 is 11.1 Å². The average molecular weight is 258 g/mol. The third-order valence-electron chi connectivity index (χ3n) is 3.57. The van der Waals surface area contributed by atoms with E-state index >= 15 is 0 Å². The van der Waals surface area contributed by atoms with E-state index in [4.69, 9.17) is 5.73 Å². The van der Waals surface area contributed by atoms with Gasteiger partial charge in [-0.05, 0) is 37.4 Å². The summed E-state index contributed by atoms with van der Waals surface area (Å²) in [5.41, 5.74) is 5.78. The molecule has 0 aromatic rings. The van der Waals surface area contributed by atoms with E-state index in [1.807, 2.05) is 32.5 Å². The van der Waals surface area contributed by atoms with Crippen molar-refractivity contribution < 1.29 is 4.79 Å². The number of nitrogens with one attached hydrogen (secondary N) is 1. The molecular formula is C13H26N2OS. The standard InChI is InChI=1S/C13H26N2OS/c1-13(2,3)11(14)12(16)15-9-5-7-10(17-4)8-6-9/h9-11H,5-8,14H2,1-4H3,(H,15,16). The fourth-order valence-corrected chi connectivity index (χ4v) is 2.87. The van der Waals surface area contributed by atoms with Gasteiger partial charge in [0.2, 0.25) is 5.91 Å². The van der Waals surface area contributed by atoms with Gasteiger partial charge in [-0.2, -0.15) is 11.8 Å². The molecule has 100 valence electrons. The molecule has 1 aliphatic carbocycles. The topological polar surface area (TPSA) is 55.1 Å². The van der Waals surface area contributed by atoms with Gasteiger partial charge in [-0.3, -0.25) is 4.79 Å². The Morgan fingerprint density at radius 2 is 1.82 bits per heavy atom. The molecule has 4 heteroatoms. The van der Waals surface area contributed by atoms with Gasteiger partial charge in [-0.15, -0.1) is 0 Å². The van der Waals surface area contributed by atoms with Crippen LogP contribution in [0.3, 0.4) is 0 Å². The summed E-state index contributed by atoms with van der Waals surface area (Å²) in [5.74, 6) is 0.00472. The summed E-state index contributed by atoms with van der Waals surface area (Å²) in [6.07, 6.45) is 6.76. The molecule has 1 saturated carbocycles. The van der Waals surface area contributed by atoms with Crippen LogP contribution in [0, 0.1) is 5.41 Å². The predicted molar refractivity (Wildman–Crippen MR) is 75.1 cm³/mol. The minimum Gasteiger partial charge on any atom is -0.352 e. The Labute approximate surface area is 109 Å². The van der Waals surface area contributed by atoms with E-state index in [9.17, 15) is 4.79 Å². The zero-order valence-electron chi connectivity index (χ0n) is 11.5. The van der Waals surface area contributed by atoms with Crippen LogP contribution in [0.15, 0.2) is 0 Å². The Hall–Kier alpha value is -0.220. The second-order valence-corrected chi connectivity index (χ2v) is 7.20. The number of rotatable bonds is 3. The molecular weight excluding hydrogens is 232 g/mol. The van der Waals surface area contributed by atoms with E-state index < -0.39 is 6.04 Å². The second-order valence-electron chi connectivity index (χ2n) is 6.06. The average Bonchev–Trinajstić information content (AvgIpc) is 2.27. The van der Waals surface area contributed by atoms with Crippen molar-refractivity contribution >= 4 is 17.7 Å². The van der Waals surface area contributed by atoms with Crippen molar-refractivity contribution in [3.8, 4) is 0 Å². The lowest BCUT2D eigenvalue weighted by atomic mass is 9.86. The third-order valence-corrected chi connectivity index (χ3v) is 4.71. The molecule has 1 aliphatic rings. The molecule has 1 fully saturated rings. The molecule has 1 atom stereocenters. The van der Waals surface area contributed by atoms with Crippen molar-refractivity contribution in [3.63, 3.8) is 0 Å². The first-order valence-electron chi connectivity index (χ1n) is 6.43. The quantitative estimate of drug-likeness (QED) is 0.815. The Morgan fingerprint density at radius 1 is 1.29 bits per heavy atom.